The van der Waals surface area contributed by atoms with Crippen molar-refractivity contribution in [2.24, 2.45) is 0 Å². The fraction of sp³-hybridized carbons (Fsp3) is 0.391. The minimum absolute atomic E-state index is 0.318. The van der Waals surface area contributed by atoms with Crippen LogP contribution < -0.4 is 20.5 Å². The molecule has 0 spiro atoms. The monoisotopic (exact) mass is 464 g/mol. The van der Waals surface area contributed by atoms with Gasteiger partial charge in [0.25, 0.3) is 0 Å². The van der Waals surface area contributed by atoms with Crippen molar-refractivity contribution in [1.29, 1.82) is 0 Å². The maximum absolute atomic E-state index is 12.2. The van der Waals surface area contributed by atoms with Crippen molar-refractivity contribution in [3.63, 3.8) is 0 Å². The number of nitrogens with two attached hydrogens (primary N) is 1. The van der Waals surface area contributed by atoms with Crippen molar-refractivity contribution in [2.45, 2.75) is 31.9 Å². The first-order valence-corrected chi connectivity index (χ1v) is 11.3. The molecular weight excluding hydrogens is 432 g/mol. The van der Waals surface area contributed by atoms with Crippen LogP contribution in [-0.4, -0.2) is 49.4 Å². The molecule has 32 heavy (non-hydrogen) atoms. The summed E-state index contributed by atoms with van der Waals surface area (Å²) in [5, 5.41) is 11.6. The Balaban J connectivity index is 0.000000616. The number of nitrogen functional groups attached to an aromatic ring is 1. The molecule has 0 aliphatic carbocycles. The summed E-state index contributed by atoms with van der Waals surface area (Å²) in [6.45, 7) is 3.41. The molecule has 0 saturated heterocycles. The first-order chi connectivity index (χ1) is 15.1. The third-order valence-corrected chi connectivity index (χ3v) is 5.04. The zero-order chi connectivity index (χ0) is 24.1. The Morgan fingerprint density at radius 1 is 1.09 bits per heavy atom. The quantitative estimate of drug-likeness (QED) is 0.474. The van der Waals surface area contributed by atoms with Crippen molar-refractivity contribution < 1.29 is 28.9 Å². The van der Waals surface area contributed by atoms with E-state index in [1.54, 1.807) is 32.0 Å². The number of carboxylic acid groups (broad SMARTS) is 1. The van der Waals surface area contributed by atoms with Crippen molar-refractivity contribution in [2.75, 3.05) is 32.0 Å². The number of hydrogen-bond acceptors (Lipinski definition) is 7. The second-order valence-corrected chi connectivity index (χ2v) is 8.21. The van der Waals surface area contributed by atoms with E-state index in [4.69, 9.17) is 19.9 Å². The average Bonchev–Trinajstić information content (AvgIpc) is 2.76. The number of nitrogens with one attached hydrogen (secondary N) is 1. The van der Waals surface area contributed by atoms with Gasteiger partial charge >= 0.3 is 12.1 Å². The van der Waals surface area contributed by atoms with Gasteiger partial charge in [-0.15, -0.1) is 0 Å². The predicted molar refractivity (Wildman–Crippen MR) is 127 cm³/mol. The minimum atomic E-state index is -1.09. The number of para-hydroxylation sites is 1. The van der Waals surface area contributed by atoms with E-state index in [1.807, 2.05) is 36.6 Å². The Bertz CT molecular complexity index is 839. The number of thioether (sulfide) groups is 1. The summed E-state index contributed by atoms with van der Waals surface area (Å²) >= 11 is 1.51. The Morgan fingerprint density at radius 2 is 1.66 bits per heavy atom. The molecule has 0 bridgehead atoms. The number of rotatable bonds is 9. The normalized spacial score (nSPS) is 11.4. The molecule has 1 atom stereocenters. The number of amides is 1. The van der Waals surface area contributed by atoms with Gasteiger partial charge in [0.2, 0.25) is 0 Å². The van der Waals surface area contributed by atoms with Gasteiger partial charge in [-0.1, -0.05) is 18.2 Å². The van der Waals surface area contributed by atoms with Gasteiger partial charge in [0, 0.05) is 17.3 Å². The Morgan fingerprint density at radius 3 is 2.06 bits per heavy atom. The van der Waals surface area contributed by atoms with E-state index >= 15 is 0 Å². The molecule has 4 N–H and O–H groups in total. The number of carbonyl (C=O) groups is 2. The van der Waals surface area contributed by atoms with E-state index in [1.165, 1.54) is 26.0 Å². The number of methoxy groups -OCH3 is 2. The van der Waals surface area contributed by atoms with Crippen LogP contribution in [0.5, 0.6) is 11.5 Å². The number of anilines is 1. The summed E-state index contributed by atoms with van der Waals surface area (Å²) in [6.07, 6.45) is 1.40. The van der Waals surface area contributed by atoms with Crippen molar-refractivity contribution >= 4 is 29.5 Å². The van der Waals surface area contributed by atoms with Gasteiger partial charge in [-0.2, -0.15) is 11.8 Å². The Kier molecular flexibility index (Phi) is 11.3. The summed E-state index contributed by atoms with van der Waals surface area (Å²) < 4.78 is 15.9. The topological polar surface area (TPSA) is 120 Å². The van der Waals surface area contributed by atoms with E-state index < -0.39 is 23.7 Å². The fourth-order valence-corrected chi connectivity index (χ4v) is 3.03. The highest BCUT2D eigenvalue weighted by Crippen LogP contribution is 2.32. The number of carbonyl (C=O) groups excluding carboxylic acids is 1. The third-order valence-electron chi connectivity index (χ3n) is 4.39. The van der Waals surface area contributed by atoms with Crippen LogP contribution in [0, 0.1) is 0 Å². The number of hydrogen-bond donors (Lipinski definition) is 3. The molecule has 0 fully saturated rings. The van der Waals surface area contributed by atoms with Gasteiger partial charge in [-0.3, -0.25) is 0 Å². The SMILES string of the molecule is COc1cc(OC)cc(C(C)(C)OC(=O)N[C@@H](CCSC)C(=O)O)c1.Nc1ccccc1. The number of carboxylic acids is 1. The summed E-state index contributed by atoms with van der Waals surface area (Å²) in [7, 11) is 3.06. The van der Waals surface area contributed by atoms with E-state index in [0.717, 1.165) is 5.69 Å². The smallest absolute Gasteiger partial charge is 0.408 e. The third kappa shape index (κ3) is 9.38. The molecule has 0 unspecified atom stereocenters. The Labute approximate surface area is 193 Å². The highest BCUT2D eigenvalue weighted by atomic mass is 32.2. The van der Waals surface area contributed by atoms with Gasteiger partial charge in [-0.25, -0.2) is 9.59 Å². The zero-order valence-electron chi connectivity index (χ0n) is 19.1. The van der Waals surface area contributed by atoms with Gasteiger partial charge in [-0.05, 0) is 56.5 Å². The molecule has 2 aromatic rings. The molecule has 0 aromatic heterocycles. The number of aliphatic carboxylic acids is 1. The molecule has 0 aliphatic rings. The molecule has 9 heteroatoms. The van der Waals surface area contributed by atoms with Crippen LogP contribution >= 0.6 is 11.8 Å². The van der Waals surface area contributed by atoms with Crippen molar-refractivity contribution in [3.05, 3.63) is 54.1 Å². The first-order valence-electron chi connectivity index (χ1n) is 9.88. The molecule has 0 aliphatic heterocycles. The van der Waals surface area contributed by atoms with Crippen LogP contribution in [0.2, 0.25) is 0 Å². The van der Waals surface area contributed by atoms with E-state index in [-0.39, 0.29) is 0 Å². The predicted octanol–water partition coefficient (Wildman–Crippen LogP) is 4.14. The van der Waals surface area contributed by atoms with Gasteiger partial charge in [0.1, 0.15) is 23.1 Å². The number of alkyl carbamates (subject to hydrolysis) is 1. The number of benzene rings is 2. The van der Waals surface area contributed by atoms with Crippen molar-refractivity contribution in [3.8, 4) is 11.5 Å². The van der Waals surface area contributed by atoms with Crippen LogP contribution in [0.1, 0.15) is 25.8 Å². The highest BCUT2D eigenvalue weighted by molar-refractivity contribution is 7.98. The van der Waals surface area contributed by atoms with Crippen LogP contribution in [0.4, 0.5) is 10.5 Å². The van der Waals surface area contributed by atoms with Gasteiger partial charge in [0.05, 0.1) is 14.2 Å². The maximum Gasteiger partial charge on any atom is 0.408 e. The maximum atomic E-state index is 12.2. The summed E-state index contributed by atoms with van der Waals surface area (Å²) in [5.41, 5.74) is 5.84. The number of ether oxygens (including phenoxy) is 3. The summed E-state index contributed by atoms with van der Waals surface area (Å²) in [5.74, 6) is 0.657. The Hall–Kier alpha value is -3.07. The lowest BCUT2D eigenvalue weighted by Crippen LogP contribution is -2.43. The first kappa shape index (κ1) is 27.0. The molecule has 176 valence electrons. The van der Waals surface area contributed by atoms with Crippen LogP contribution in [0.25, 0.3) is 0 Å². The van der Waals surface area contributed by atoms with E-state index in [2.05, 4.69) is 5.32 Å². The van der Waals surface area contributed by atoms with Gasteiger partial charge < -0.3 is 30.4 Å². The van der Waals surface area contributed by atoms with Crippen LogP contribution in [0.3, 0.4) is 0 Å². The van der Waals surface area contributed by atoms with E-state index in [9.17, 15) is 14.7 Å². The van der Waals surface area contributed by atoms with Crippen LogP contribution in [-0.2, 0) is 15.1 Å². The average molecular weight is 465 g/mol. The van der Waals surface area contributed by atoms with Crippen molar-refractivity contribution in [1.82, 2.24) is 5.32 Å². The molecule has 2 aromatic carbocycles. The summed E-state index contributed by atoms with van der Waals surface area (Å²) in [6, 6.07) is 13.7. The molecule has 2 rings (SSSR count). The fourth-order valence-electron chi connectivity index (χ4n) is 2.56. The largest absolute Gasteiger partial charge is 0.497 e. The lowest BCUT2D eigenvalue weighted by molar-refractivity contribution is -0.139. The molecule has 1 amide bonds. The minimum Gasteiger partial charge on any atom is -0.497 e. The molecule has 8 nitrogen and oxygen atoms in total. The molecular formula is C23H32N2O6S. The molecule has 0 radical (unpaired) electrons. The molecule has 0 heterocycles. The lowest BCUT2D eigenvalue weighted by atomic mass is 9.97. The summed E-state index contributed by atoms with van der Waals surface area (Å²) in [4.78, 5) is 23.4. The molecule has 0 saturated carbocycles. The van der Waals surface area contributed by atoms with Gasteiger partial charge in [0.15, 0.2) is 0 Å². The highest BCUT2D eigenvalue weighted by Gasteiger charge is 2.29. The standard InChI is InChI=1S/C17H25NO6S.C6H7N/c1-17(2,11-8-12(22-3)10-13(9-11)23-4)24-16(21)18-14(15(19)20)6-7-25-5;7-6-4-2-1-3-5-6/h8-10,14H,6-7H2,1-5H3,(H,18,21)(H,19,20);1-5H,7H2/t14-;/m0./s1. The second-order valence-electron chi connectivity index (χ2n) is 7.23. The van der Waals surface area contributed by atoms with E-state index in [0.29, 0.717) is 29.2 Å². The zero-order valence-corrected chi connectivity index (χ0v) is 19.9. The lowest BCUT2D eigenvalue weighted by Gasteiger charge is -2.27. The van der Waals surface area contributed by atoms with Crippen LogP contribution in [0.15, 0.2) is 48.5 Å². The second kappa shape index (κ2) is 13.4.